The molecule has 4 N–H and O–H groups in total. The zero-order chi connectivity index (χ0) is 20.9. The van der Waals surface area contributed by atoms with Crippen molar-refractivity contribution >= 4 is 44.4 Å². The Bertz CT molecular complexity index is 1250. The first-order valence-electron chi connectivity index (χ1n) is 9.79. The van der Waals surface area contributed by atoms with Crippen LogP contribution in [0.15, 0.2) is 35.6 Å². The third kappa shape index (κ3) is 3.19. The van der Waals surface area contributed by atoms with Gasteiger partial charge in [-0.1, -0.05) is 19.3 Å². The van der Waals surface area contributed by atoms with Gasteiger partial charge in [-0.05, 0) is 31.0 Å². The topological polar surface area (TPSA) is 145 Å². The first kappa shape index (κ1) is 18.9. The Balaban J connectivity index is 1.53. The smallest absolute Gasteiger partial charge is 0.255 e. The van der Waals surface area contributed by atoms with Gasteiger partial charge in [0.2, 0.25) is 11.9 Å². The van der Waals surface area contributed by atoms with E-state index in [9.17, 15) is 13.2 Å². The summed E-state index contributed by atoms with van der Waals surface area (Å²) in [5.74, 6) is 1.16. The molecule has 1 aliphatic carbocycles. The molecular weight excluding hydrogens is 406 g/mol. The number of aromatic nitrogens is 4. The molecule has 4 heterocycles. The van der Waals surface area contributed by atoms with Crippen molar-refractivity contribution in [2.45, 2.75) is 49.1 Å². The van der Waals surface area contributed by atoms with Crippen molar-refractivity contribution in [2.75, 3.05) is 10.6 Å². The van der Waals surface area contributed by atoms with Crippen LogP contribution in [-0.4, -0.2) is 33.8 Å². The highest BCUT2D eigenvalue weighted by molar-refractivity contribution is 7.89. The summed E-state index contributed by atoms with van der Waals surface area (Å²) in [6.45, 7) is 0. The summed E-state index contributed by atoms with van der Waals surface area (Å²) >= 11 is 0. The average Bonchev–Trinajstić information content (AvgIpc) is 3.06. The molecule has 3 aromatic rings. The van der Waals surface area contributed by atoms with Crippen LogP contribution in [0.3, 0.4) is 0 Å². The molecule has 0 bridgehead atoms. The summed E-state index contributed by atoms with van der Waals surface area (Å²) in [4.78, 5) is 25.3. The van der Waals surface area contributed by atoms with Gasteiger partial charge in [0.25, 0.3) is 10.0 Å². The minimum atomic E-state index is -3.85. The molecule has 1 saturated carbocycles. The summed E-state index contributed by atoms with van der Waals surface area (Å²) in [7, 11) is -3.85. The third-order valence-corrected chi connectivity index (χ3v) is 6.67. The van der Waals surface area contributed by atoms with Crippen LogP contribution in [0, 0.1) is 0 Å². The van der Waals surface area contributed by atoms with E-state index < -0.39 is 10.0 Å². The monoisotopic (exact) mass is 427 g/mol. The molecule has 1 aliphatic heterocycles. The molecule has 10 nitrogen and oxygen atoms in total. The molecule has 2 aliphatic rings. The largest absolute Gasteiger partial charge is 0.323 e. The van der Waals surface area contributed by atoms with Crippen LogP contribution in [0.2, 0.25) is 0 Å². The highest BCUT2D eigenvalue weighted by Gasteiger charge is 2.42. The maximum absolute atomic E-state index is 12.4. The highest BCUT2D eigenvalue weighted by Crippen LogP contribution is 2.45. The van der Waals surface area contributed by atoms with Crippen LogP contribution in [0.25, 0.3) is 11.0 Å². The zero-order valence-corrected chi connectivity index (χ0v) is 16.9. The van der Waals surface area contributed by atoms with Crippen molar-refractivity contribution in [1.29, 1.82) is 0 Å². The molecule has 5 rings (SSSR count). The van der Waals surface area contributed by atoms with E-state index in [1.165, 1.54) is 18.7 Å². The number of hydrogen-bond acceptors (Lipinski definition) is 7. The molecule has 11 heteroatoms. The fourth-order valence-corrected chi connectivity index (χ4v) is 5.01. The molecule has 0 aromatic carbocycles. The lowest BCUT2D eigenvalue weighted by atomic mass is 9.78. The van der Waals surface area contributed by atoms with Crippen molar-refractivity contribution in [3.05, 3.63) is 30.6 Å². The third-order valence-electron chi connectivity index (χ3n) is 5.84. The van der Waals surface area contributed by atoms with E-state index in [0.717, 1.165) is 42.5 Å². The number of anilines is 3. The average molecular weight is 427 g/mol. The molecule has 0 atom stereocenters. The molecule has 1 fully saturated rings. The van der Waals surface area contributed by atoms with E-state index in [1.54, 1.807) is 12.3 Å². The summed E-state index contributed by atoms with van der Waals surface area (Å²) in [6, 6.07) is 4.79. The Hall–Kier alpha value is -3.05. The Morgan fingerprint density at radius 2 is 1.93 bits per heavy atom. The van der Waals surface area contributed by atoms with Gasteiger partial charge in [0.1, 0.15) is 11.5 Å². The molecule has 0 saturated heterocycles. The lowest BCUT2D eigenvalue weighted by molar-refractivity contribution is -0.119. The highest BCUT2D eigenvalue weighted by atomic mass is 32.2. The molecule has 1 spiro atoms. The molecule has 0 unspecified atom stereocenters. The molecule has 3 aromatic heterocycles. The minimum absolute atomic E-state index is 0.0412. The van der Waals surface area contributed by atoms with E-state index in [-0.39, 0.29) is 16.5 Å². The maximum atomic E-state index is 12.4. The second-order valence-corrected chi connectivity index (χ2v) is 9.41. The number of sulfonamides is 1. The fraction of sp³-hybridized carbons (Fsp3) is 0.368. The number of nitrogens with one attached hydrogen (secondary N) is 2. The number of rotatable bonds is 3. The van der Waals surface area contributed by atoms with Gasteiger partial charge in [0.15, 0.2) is 5.03 Å². The van der Waals surface area contributed by atoms with Crippen LogP contribution >= 0.6 is 0 Å². The van der Waals surface area contributed by atoms with E-state index in [2.05, 4.69) is 25.2 Å². The molecule has 156 valence electrons. The molecule has 0 radical (unpaired) electrons. The van der Waals surface area contributed by atoms with E-state index >= 15 is 0 Å². The Kier molecular flexibility index (Phi) is 4.26. The number of carbonyl (C=O) groups excluding carboxylic acids is 1. The Labute approximate surface area is 173 Å². The van der Waals surface area contributed by atoms with Gasteiger partial charge < -0.3 is 15.2 Å². The van der Waals surface area contributed by atoms with E-state index in [0.29, 0.717) is 18.1 Å². The summed E-state index contributed by atoms with van der Waals surface area (Å²) < 4.78 is 24.9. The second-order valence-electron chi connectivity index (χ2n) is 7.90. The SMILES string of the molecule is NS(=O)(=O)c1ccc(Nc2ncc3cc4n(c3n2)C2(CCCCC2)CC(=O)N4)cn1. The van der Waals surface area contributed by atoms with Crippen LogP contribution in [-0.2, 0) is 20.4 Å². The fourth-order valence-electron chi connectivity index (χ4n) is 4.55. The number of primary sulfonamides is 1. The normalized spacial score (nSPS) is 18.2. The maximum Gasteiger partial charge on any atom is 0.255 e. The van der Waals surface area contributed by atoms with Crippen LogP contribution in [0.4, 0.5) is 17.5 Å². The number of fused-ring (bicyclic) bond motifs is 4. The number of nitrogens with zero attached hydrogens (tertiary/aromatic N) is 4. The van der Waals surface area contributed by atoms with Crippen molar-refractivity contribution in [3.8, 4) is 0 Å². The number of pyridine rings is 1. The first-order valence-corrected chi connectivity index (χ1v) is 11.3. The van der Waals surface area contributed by atoms with Gasteiger partial charge >= 0.3 is 0 Å². The summed E-state index contributed by atoms with van der Waals surface area (Å²) in [6.07, 6.45) is 8.78. The number of carbonyl (C=O) groups is 1. The van der Waals surface area contributed by atoms with Crippen LogP contribution in [0.5, 0.6) is 0 Å². The zero-order valence-electron chi connectivity index (χ0n) is 16.1. The van der Waals surface area contributed by atoms with Crippen LogP contribution < -0.4 is 15.8 Å². The predicted octanol–water partition coefficient (Wildman–Crippen LogP) is 2.22. The predicted molar refractivity (Wildman–Crippen MR) is 111 cm³/mol. The van der Waals surface area contributed by atoms with Gasteiger partial charge in [-0.2, -0.15) is 4.98 Å². The molecule has 30 heavy (non-hydrogen) atoms. The lowest BCUT2D eigenvalue weighted by Crippen LogP contribution is -2.44. The quantitative estimate of drug-likeness (QED) is 0.581. The van der Waals surface area contributed by atoms with Gasteiger partial charge in [-0.25, -0.2) is 23.5 Å². The molecule has 1 amide bonds. The van der Waals surface area contributed by atoms with Gasteiger partial charge in [-0.15, -0.1) is 0 Å². The number of amides is 1. The Morgan fingerprint density at radius 1 is 1.13 bits per heavy atom. The van der Waals surface area contributed by atoms with Crippen molar-refractivity contribution in [2.24, 2.45) is 5.14 Å². The van der Waals surface area contributed by atoms with E-state index in [1.807, 2.05) is 6.07 Å². The Morgan fingerprint density at radius 3 is 2.63 bits per heavy atom. The van der Waals surface area contributed by atoms with Crippen molar-refractivity contribution < 1.29 is 13.2 Å². The standard InChI is InChI=1S/C19H21N7O3S/c20-30(28,29)16-5-4-13(11-21-16)23-18-22-10-12-8-14-24-15(27)9-19(6-2-1-3-7-19)26(14)17(12)25-18/h4-5,8,10-11H,1-3,6-7,9H2,(H,24,27)(H2,20,28,29)(H,22,23,25). The number of nitrogens with two attached hydrogens (primary N) is 1. The van der Waals surface area contributed by atoms with Gasteiger partial charge in [0, 0.05) is 11.6 Å². The summed E-state index contributed by atoms with van der Waals surface area (Å²) in [5.41, 5.74) is 1.05. The summed E-state index contributed by atoms with van der Waals surface area (Å²) in [5, 5.41) is 11.7. The van der Waals surface area contributed by atoms with Gasteiger partial charge in [0.05, 0.1) is 23.8 Å². The molecular formula is C19H21N7O3S. The van der Waals surface area contributed by atoms with Gasteiger partial charge in [-0.3, -0.25) is 4.79 Å². The second kappa shape index (κ2) is 6.74. The number of hydrogen-bond donors (Lipinski definition) is 3. The lowest BCUT2D eigenvalue weighted by Gasteiger charge is -2.42. The van der Waals surface area contributed by atoms with Crippen LogP contribution in [0.1, 0.15) is 38.5 Å². The van der Waals surface area contributed by atoms with Crippen molar-refractivity contribution in [3.63, 3.8) is 0 Å². The minimum Gasteiger partial charge on any atom is -0.323 e. The first-order chi connectivity index (χ1) is 14.3. The van der Waals surface area contributed by atoms with Crippen molar-refractivity contribution in [1.82, 2.24) is 19.5 Å². The van der Waals surface area contributed by atoms with E-state index in [4.69, 9.17) is 10.1 Å².